The molecule has 0 saturated heterocycles. The van der Waals surface area contributed by atoms with E-state index >= 15 is 0 Å². The van der Waals surface area contributed by atoms with Crippen LogP contribution in [0.5, 0.6) is 0 Å². The Labute approximate surface area is 155 Å². The molecule has 0 spiro atoms. The van der Waals surface area contributed by atoms with Crippen molar-refractivity contribution >= 4 is 33.2 Å². The number of nitrogens with one attached hydrogen (secondary N) is 2. The number of amides is 1. The molecular weight excluding hydrogens is 378 g/mol. The molecule has 2 N–H and O–H groups in total. The lowest BCUT2D eigenvalue weighted by molar-refractivity contribution is 0.102. The Balaban J connectivity index is 1.53. The number of hydrogen-bond donors (Lipinski definition) is 2. The Kier molecular flexibility index (Phi) is 5.80. The van der Waals surface area contributed by atoms with Crippen LogP contribution in [0.1, 0.15) is 16.1 Å². The maximum Gasteiger partial charge on any atom is 0.274 e. The third kappa shape index (κ3) is 5.16. The first kappa shape index (κ1) is 17.2. The Bertz CT molecular complexity index is 835. The Morgan fingerprint density at radius 1 is 0.960 bits per heavy atom. The minimum atomic E-state index is -0.228. The highest BCUT2D eigenvalue weighted by Crippen LogP contribution is 2.16. The molecule has 0 aliphatic rings. The van der Waals surface area contributed by atoms with Crippen molar-refractivity contribution in [2.75, 3.05) is 17.2 Å². The zero-order chi connectivity index (χ0) is 17.5. The summed E-state index contributed by atoms with van der Waals surface area (Å²) in [5.41, 5.74) is 3.29. The molecule has 126 valence electrons. The van der Waals surface area contributed by atoms with E-state index < -0.39 is 0 Å². The van der Waals surface area contributed by atoms with Crippen molar-refractivity contribution in [3.05, 3.63) is 88.7 Å². The Morgan fingerprint density at radius 3 is 2.52 bits per heavy atom. The van der Waals surface area contributed by atoms with Crippen LogP contribution >= 0.6 is 15.9 Å². The smallest absolute Gasteiger partial charge is 0.274 e. The van der Waals surface area contributed by atoms with Gasteiger partial charge in [0.1, 0.15) is 5.69 Å². The minimum absolute atomic E-state index is 0.228. The van der Waals surface area contributed by atoms with Crippen LogP contribution in [0, 0.1) is 0 Å². The number of hydrogen-bond acceptors (Lipinski definition) is 3. The molecule has 2 aromatic carbocycles. The molecule has 0 aliphatic carbocycles. The molecule has 1 heterocycles. The molecule has 0 atom stereocenters. The van der Waals surface area contributed by atoms with Crippen molar-refractivity contribution in [3.63, 3.8) is 0 Å². The number of pyridine rings is 1. The summed E-state index contributed by atoms with van der Waals surface area (Å²) in [4.78, 5) is 16.5. The van der Waals surface area contributed by atoms with E-state index in [1.807, 2.05) is 48.5 Å². The average Bonchev–Trinajstić information content (AvgIpc) is 2.63. The van der Waals surface area contributed by atoms with Gasteiger partial charge in [-0.2, -0.15) is 0 Å². The van der Waals surface area contributed by atoms with E-state index in [0.29, 0.717) is 5.69 Å². The number of halogens is 1. The van der Waals surface area contributed by atoms with Gasteiger partial charge in [-0.25, -0.2) is 4.98 Å². The van der Waals surface area contributed by atoms with Crippen molar-refractivity contribution in [2.45, 2.75) is 6.42 Å². The van der Waals surface area contributed by atoms with E-state index in [-0.39, 0.29) is 5.91 Å². The van der Waals surface area contributed by atoms with Gasteiger partial charge in [-0.3, -0.25) is 4.79 Å². The van der Waals surface area contributed by atoms with E-state index in [1.54, 1.807) is 12.3 Å². The van der Waals surface area contributed by atoms with Gasteiger partial charge in [0.2, 0.25) is 0 Å². The molecule has 0 bridgehead atoms. The van der Waals surface area contributed by atoms with Gasteiger partial charge < -0.3 is 10.6 Å². The van der Waals surface area contributed by atoms with Gasteiger partial charge in [-0.05, 0) is 42.3 Å². The molecule has 0 unspecified atom stereocenters. The fourth-order valence-electron chi connectivity index (χ4n) is 2.39. The third-order valence-electron chi connectivity index (χ3n) is 3.66. The predicted octanol–water partition coefficient (Wildman–Crippen LogP) is 4.75. The van der Waals surface area contributed by atoms with Gasteiger partial charge in [0.15, 0.2) is 0 Å². The summed E-state index contributed by atoms with van der Waals surface area (Å²) in [7, 11) is 0. The molecule has 3 rings (SSSR count). The summed E-state index contributed by atoms with van der Waals surface area (Å²) in [5, 5.41) is 6.15. The number of carbonyl (C=O) groups is 1. The highest BCUT2D eigenvalue weighted by atomic mass is 79.9. The van der Waals surface area contributed by atoms with Gasteiger partial charge in [-0.15, -0.1) is 0 Å². The summed E-state index contributed by atoms with van der Waals surface area (Å²) >= 11 is 3.38. The Hall–Kier alpha value is -2.66. The number of nitrogens with zero attached hydrogens (tertiary/aromatic N) is 1. The molecule has 25 heavy (non-hydrogen) atoms. The van der Waals surface area contributed by atoms with Crippen LogP contribution in [0.4, 0.5) is 11.4 Å². The Morgan fingerprint density at radius 2 is 1.80 bits per heavy atom. The maximum absolute atomic E-state index is 12.2. The normalized spacial score (nSPS) is 10.3. The molecular formula is C20H18BrN3O. The fraction of sp³-hybridized carbons (Fsp3) is 0.100. The van der Waals surface area contributed by atoms with Gasteiger partial charge >= 0.3 is 0 Å². The third-order valence-corrected chi connectivity index (χ3v) is 4.16. The molecule has 1 amide bonds. The van der Waals surface area contributed by atoms with Gasteiger partial charge in [-0.1, -0.05) is 52.3 Å². The lowest BCUT2D eigenvalue weighted by Crippen LogP contribution is -2.14. The van der Waals surface area contributed by atoms with Gasteiger partial charge in [0, 0.05) is 16.7 Å². The summed E-state index contributed by atoms with van der Waals surface area (Å²) in [6.07, 6.45) is 2.62. The molecule has 1 aromatic heterocycles. The van der Waals surface area contributed by atoms with E-state index in [0.717, 1.165) is 28.8 Å². The van der Waals surface area contributed by atoms with Crippen molar-refractivity contribution in [1.82, 2.24) is 4.98 Å². The maximum atomic E-state index is 12.2. The second kappa shape index (κ2) is 8.44. The van der Waals surface area contributed by atoms with Crippen LogP contribution in [-0.2, 0) is 6.42 Å². The summed E-state index contributed by atoms with van der Waals surface area (Å²) in [6, 6.07) is 21.3. The summed E-state index contributed by atoms with van der Waals surface area (Å²) < 4.78 is 0.913. The second-order valence-electron chi connectivity index (χ2n) is 5.56. The lowest BCUT2D eigenvalue weighted by atomic mass is 10.1. The quantitative estimate of drug-likeness (QED) is 0.632. The van der Waals surface area contributed by atoms with E-state index in [2.05, 4.69) is 43.7 Å². The summed E-state index contributed by atoms with van der Waals surface area (Å²) in [6.45, 7) is 0.815. The van der Waals surface area contributed by atoms with E-state index in [4.69, 9.17) is 0 Å². The number of benzene rings is 2. The van der Waals surface area contributed by atoms with E-state index in [9.17, 15) is 4.79 Å². The number of rotatable bonds is 6. The topological polar surface area (TPSA) is 54.0 Å². The fourth-order valence-corrected chi connectivity index (χ4v) is 2.79. The van der Waals surface area contributed by atoms with Crippen molar-refractivity contribution in [2.24, 2.45) is 0 Å². The molecule has 4 nitrogen and oxygen atoms in total. The summed E-state index contributed by atoms with van der Waals surface area (Å²) in [5.74, 6) is -0.228. The minimum Gasteiger partial charge on any atom is -0.383 e. The van der Waals surface area contributed by atoms with Crippen molar-refractivity contribution in [1.29, 1.82) is 0 Å². The van der Waals surface area contributed by atoms with Gasteiger partial charge in [0.25, 0.3) is 5.91 Å². The number of anilines is 2. The van der Waals surface area contributed by atoms with Crippen molar-refractivity contribution in [3.8, 4) is 0 Å². The average molecular weight is 396 g/mol. The van der Waals surface area contributed by atoms with Crippen LogP contribution < -0.4 is 10.6 Å². The highest BCUT2D eigenvalue weighted by molar-refractivity contribution is 9.10. The molecule has 0 fully saturated rings. The van der Waals surface area contributed by atoms with E-state index in [1.165, 1.54) is 5.56 Å². The van der Waals surface area contributed by atoms with Crippen molar-refractivity contribution < 1.29 is 4.79 Å². The first-order valence-electron chi connectivity index (χ1n) is 8.01. The second-order valence-corrected chi connectivity index (χ2v) is 6.47. The number of aromatic nitrogens is 1. The van der Waals surface area contributed by atoms with Crippen LogP contribution in [0.2, 0.25) is 0 Å². The van der Waals surface area contributed by atoms with Crippen LogP contribution in [0.25, 0.3) is 0 Å². The zero-order valence-corrected chi connectivity index (χ0v) is 15.2. The number of carbonyl (C=O) groups excluding carboxylic acids is 1. The largest absolute Gasteiger partial charge is 0.383 e. The highest BCUT2D eigenvalue weighted by Gasteiger charge is 2.07. The van der Waals surface area contributed by atoms with Crippen LogP contribution in [0.15, 0.2) is 77.4 Å². The molecule has 0 aliphatic heterocycles. The SMILES string of the molecule is O=C(Nc1cccc(Br)c1)c1ccc(NCCc2ccccc2)cn1. The molecule has 5 heteroatoms. The van der Waals surface area contributed by atoms with Crippen LogP contribution in [-0.4, -0.2) is 17.4 Å². The molecule has 0 radical (unpaired) electrons. The first-order chi connectivity index (χ1) is 12.2. The molecule has 3 aromatic rings. The van der Waals surface area contributed by atoms with Gasteiger partial charge in [0.05, 0.1) is 11.9 Å². The van der Waals surface area contributed by atoms with Crippen LogP contribution in [0.3, 0.4) is 0 Å². The molecule has 0 saturated carbocycles. The zero-order valence-electron chi connectivity index (χ0n) is 13.6. The standard InChI is InChI=1S/C20H18BrN3O/c21-16-7-4-8-17(13-16)24-20(25)19-10-9-18(14-23-19)22-12-11-15-5-2-1-3-6-15/h1-10,13-14,22H,11-12H2,(H,24,25). The first-order valence-corrected chi connectivity index (χ1v) is 8.81. The lowest BCUT2D eigenvalue weighted by Gasteiger charge is -2.08. The predicted molar refractivity (Wildman–Crippen MR) is 105 cm³/mol. The monoisotopic (exact) mass is 395 g/mol.